The summed E-state index contributed by atoms with van der Waals surface area (Å²) in [7, 11) is 1.55. The molecule has 1 heterocycles. The zero-order chi connectivity index (χ0) is 6.53. The molecule has 0 radical (unpaired) electrons. The minimum atomic E-state index is 1.26. The van der Waals surface area contributed by atoms with Gasteiger partial charge in [-0.05, 0) is 18.1 Å². The van der Waals surface area contributed by atoms with E-state index in [2.05, 4.69) is 19.1 Å². The van der Waals surface area contributed by atoms with E-state index in [9.17, 15) is 0 Å². The van der Waals surface area contributed by atoms with E-state index in [1.165, 1.54) is 25.4 Å². The summed E-state index contributed by atoms with van der Waals surface area (Å²) in [6.45, 7) is 2.25. The minimum absolute atomic E-state index is 1.26. The van der Waals surface area contributed by atoms with E-state index in [0.29, 0.717) is 0 Å². The molecule has 0 aromatic rings. The van der Waals surface area contributed by atoms with E-state index in [4.69, 9.17) is 0 Å². The standard InChI is InChI=1S/C8H13P/c1-2-3-5-8-6-4-7-9-8/h4,6H,2-3,5,7H2,1H3. The van der Waals surface area contributed by atoms with Crippen LogP contribution in [0.25, 0.3) is 0 Å². The summed E-state index contributed by atoms with van der Waals surface area (Å²) in [6.07, 6.45) is 9.84. The highest BCUT2D eigenvalue weighted by Gasteiger charge is 1.95. The molecule has 0 aromatic heterocycles. The van der Waals surface area contributed by atoms with Gasteiger partial charge >= 0.3 is 0 Å². The lowest BCUT2D eigenvalue weighted by Crippen LogP contribution is -1.85. The molecule has 50 valence electrons. The average Bonchev–Trinajstić information content (AvgIpc) is 2.34. The number of unbranched alkanes of at least 4 members (excludes halogenated alkanes) is 1. The number of hydrogen-bond acceptors (Lipinski definition) is 0. The van der Waals surface area contributed by atoms with Crippen LogP contribution in [-0.4, -0.2) is 11.5 Å². The van der Waals surface area contributed by atoms with Crippen LogP contribution in [-0.2, 0) is 0 Å². The van der Waals surface area contributed by atoms with Crippen molar-refractivity contribution >= 4 is 13.5 Å². The molecule has 0 fully saturated rings. The van der Waals surface area contributed by atoms with E-state index in [0.717, 1.165) is 0 Å². The number of allylic oxidation sites excluding steroid dienone is 2. The lowest BCUT2D eigenvalue weighted by atomic mass is 10.2. The fourth-order valence-corrected chi connectivity index (χ4v) is 1.90. The largest absolute Gasteiger partial charge is 0.0968 e. The molecule has 9 heavy (non-hydrogen) atoms. The van der Waals surface area contributed by atoms with Crippen LogP contribution in [0.1, 0.15) is 26.2 Å². The summed E-state index contributed by atoms with van der Waals surface area (Å²) in [6, 6.07) is 0. The lowest BCUT2D eigenvalue weighted by molar-refractivity contribution is 0.842. The van der Waals surface area contributed by atoms with Crippen LogP contribution in [0.2, 0.25) is 0 Å². The maximum absolute atomic E-state index is 2.29. The van der Waals surface area contributed by atoms with Crippen LogP contribution < -0.4 is 0 Å². The predicted molar refractivity (Wildman–Crippen MR) is 45.5 cm³/mol. The molecule has 1 rings (SSSR count). The molecule has 1 heteroatoms. The first-order valence-electron chi connectivity index (χ1n) is 3.63. The fraction of sp³-hybridized carbons (Fsp3) is 0.625. The Morgan fingerprint density at radius 1 is 1.67 bits per heavy atom. The molecule has 0 N–H and O–H groups in total. The first-order valence-corrected chi connectivity index (χ1v) is 4.71. The molecule has 0 spiro atoms. The van der Waals surface area contributed by atoms with Crippen LogP contribution in [0.15, 0.2) is 12.2 Å². The van der Waals surface area contributed by atoms with Gasteiger partial charge in [-0.2, -0.15) is 0 Å². The van der Waals surface area contributed by atoms with E-state index in [1.807, 2.05) is 0 Å². The number of hydrogen-bond donors (Lipinski definition) is 0. The third kappa shape index (κ3) is 2.32. The van der Waals surface area contributed by atoms with Gasteiger partial charge in [0.05, 0.1) is 0 Å². The molecule has 1 aliphatic rings. The molecule has 0 atom stereocenters. The average molecular weight is 140 g/mol. The van der Waals surface area contributed by atoms with Crippen LogP contribution in [0.5, 0.6) is 0 Å². The highest BCUT2D eigenvalue weighted by atomic mass is 31.1. The first-order chi connectivity index (χ1) is 4.43. The highest BCUT2D eigenvalue weighted by molar-refractivity contribution is 7.42. The van der Waals surface area contributed by atoms with E-state index in [-0.39, 0.29) is 0 Å². The third-order valence-corrected chi connectivity index (χ3v) is 2.67. The van der Waals surface area contributed by atoms with E-state index in [1.54, 1.807) is 13.5 Å². The van der Waals surface area contributed by atoms with Gasteiger partial charge in [-0.1, -0.05) is 33.7 Å². The second-order valence-electron chi connectivity index (χ2n) is 2.34. The van der Waals surface area contributed by atoms with Gasteiger partial charge in [-0.3, -0.25) is 0 Å². The molecule has 0 amide bonds. The second kappa shape index (κ2) is 3.85. The fourth-order valence-electron chi connectivity index (χ4n) is 0.932. The van der Waals surface area contributed by atoms with Crippen molar-refractivity contribution in [1.29, 1.82) is 0 Å². The van der Waals surface area contributed by atoms with Gasteiger partial charge < -0.3 is 0 Å². The van der Waals surface area contributed by atoms with Crippen molar-refractivity contribution in [3.8, 4) is 0 Å². The molecule has 1 aliphatic heterocycles. The Bertz CT molecular complexity index is 134. The van der Waals surface area contributed by atoms with E-state index >= 15 is 0 Å². The summed E-state index contributed by atoms with van der Waals surface area (Å²) >= 11 is 0. The Kier molecular flexibility index (Phi) is 3.00. The molecule has 0 bridgehead atoms. The molecule has 0 saturated carbocycles. The normalized spacial score (nSPS) is 18.1. The summed E-state index contributed by atoms with van der Waals surface area (Å²) in [5, 5.41) is 1.64. The Hall–Kier alpha value is -0.0900. The van der Waals surface area contributed by atoms with Crippen molar-refractivity contribution in [1.82, 2.24) is 0 Å². The molecular weight excluding hydrogens is 127 g/mol. The van der Waals surface area contributed by atoms with Crippen LogP contribution >= 0.6 is 8.20 Å². The first kappa shape index (κ1) is 7.02. The quantitative estimate of drug-likeness (QED) is 0.529. The Labute approximate surface area is 58.8 Å². The third-order valence-electron chi connectivity index (χ3n) is 1.50. The predicted octanol–water partition coefficient (Wildman–Crippen LogP) is 2.87. The van der Waals surface area contributed by atoms with Gasteiger partial charge in [0.25, 0.3) is 0 Å². The van der Waals surface area contributed by atoms with Gasteiger partial charge in [0.15, 0.2) is 0 Å². The van der Waals surface area contributed by atoms with Gasteiger partial charge in [0.2, 0.25) is 0 Å². The molecular formula is C8H13P. The van der Waals surface area contributed by atoms with Crippen molar-refractivity contribution in [2.75, 3.05) is 6.16 Å². The van der Waals surface area contributed by atoms with Crippen LogP contribution in [0.3, 0.4) is 0 Å². The van der Waals surface area contributed by atoms with Gasteiger partial charge in [0.1, 0.15) is 0 Å². The molecule has 0 unspecified atom stereocenters. The topological polar surface area (TPSA) is 0 Å². The molecule has 0 aliphatic carbocycles. The molecule has 0 aromatic carbocycles. The Morgan fingerprint density at radius 3 is 3.11 bits per heavy atom. The zero-order valence-corrected chi connectivity index (χ0v) is 6.82. The summed E-state index contributed by atoms with van der Waals surface area (Å²) in [4.78, 5) is 0. The maximum Gasteiger partial charge on any atom is 0.00800 e. The Morgan fingerprint density at radius 2 is 2.56 bits per heavy atom. The summed E-state index contributed by atoms with van der Waals surface area (Å²) in [5.41, 5.74) is 0. The van der Waals surface area contributed by atoms with Crippen LogP contribution in [0.4, 0.5) is 0 Å². The van der Waals surface area contributed by atoms with Crippen molar-refractivity contribution in [3.63, 3.8) is 0 Å². The monoisotopic (exact) mass is 140 g/mol. The van der Waals surface area contributed by atoms with Crippen molar-refractivity contribution in [2.24, 2.45) is 0 Å². The van der Waals surface area contributed by atoms with Gasteiger partial charge in [-0.15, -0.1) is 0 Å². The Balaban J connectivity index is 2.19. The van der Waals surface area contributed by atoms with Crippen molar-refractivity contribution in [2.45, 2.75) is 26.2 Å². The van der Waals surface area contributed by atoms with Gasteiger partial charge in [0, 0.05) is 6.16 Å². The zero-order valence-electron chi connectivity index (χ0n) is 5.93. The van der Waals surface area contributed by atoms with Crippen LogP contribution in [0, 0.1) is 0 Å². The SMILES string of the molecule is CCCCC1=PCC=C1. The highest BCUT2D eigenvalue weighted by Crippen LogP contribution is 2.13. The molecule has 0 nitrogen and oxygen atoms in total. The number of rotatable bonds is 3. The van der Waals surface area contributed by atoms with Crippen molar-refractivity contribution < 1.29 is 0 Å². The maximum atomic E-state index is 2.29. The minimum Gasteiger partial charge on any atom is -0.0968 e. The smallest absolute Gasteiger partial charge is 0.00800 e. The molecule has 0 saturated heterocycles. The summed E-state index contributed by atoms with van der Waals surface area (Å²) < 4.78 is 0. The second-order valence-corrected chi connectivity index (χ2v) is 3.59. The summed E-state index contributed by atoms with van der Waals surface area (Å²) in [5.74, 6) is 0. The lowest BCUT2D eigenvalue weighted by Gasteiger charge is -1.93. The van der Waals surface area contributed by atoms with Gasteiger partial charge in [-0.25, -0.2) is 0 Å². The van der Waals surface area contributed by atoms with Crippen molar-refractivity contribution in [3.05, 3.63) is 12.2 Å². The van der Waals surface area contributed by atoms with E-state index < -0.39 is 0 Å².